The highest BCUT2D eigenvalue weighted by atomic mass is 79.9. The van der Waals surface area contributed by atoms with E-state index in [0.29, 0.717) is 0 Å². The molecular weight excluding hydrogens is 260 g/mol. The lowest BCUT2D eigenvalue weighted by molar-refractivity contribution is 0.653. The standard InChI is InChI=1S/C15H21Br/c1-11-8-12(2)10-13(9-11)4-3-5-15(16)14-6-7-14/h8-10,14-15H,3-7H2,1-2H3. The van der Waals surface area contributed by atoms with Gasteiger partial charge in [-0.2, -0.15) is 0 Å². The molecule has 0 amide bonds. The fraction of sp³-hybridized carbons (Fsp3) is 0.600. The van der Waals surface area contributed by atoms with Crippen LogP contribution in [-0.4, -0.2) is 4.83 Å². The maximum absolute atomic E-state index is 3.81. The summed E-state index contributed by atoms with van der Waals surface area (Å²) in [6, 6.07) is 6.90. The Bertz CT molecular complexity index is 332. The summed E-state index contributed by atoms with van der Waals surface area (Å²) < 4.78 is 0. The molecule has 1 unspecified atom stereocenters. The highest BCUT2D eigenvalue weighted by molar-refractivity contribution is 9.09. The van der Waals surface area contributed by atoms with E-state index in [4.69, 9.17) is 0 Å². The lowest BCUT2D eigenvalue weighted by atomic mass is 10.0. The summed E-state index contributed by atoms with van der Waals surface area (Å²) in [6.07, 6.45) is 6.77. The minimum atomic E-state index is 0.776. The fourth-order valence-electron chi connectivity index (χ4n) is 2.41. The Balaban J connectivity index is 1.79. The fourth-order valence-corrected chi connectivity index (χ4v) is 3.26. The molecule has 1 aliphatic carbocycles. The molecule has 0 spiro atoms. The van der Waals surface area contributed by atoms with Gasteiger partial charge in [-0.1, -0.05) is 45.3 Å². The van der Waals surface area contributed by atoms with Crippen LogP contribution in [0, 0.1) is 19.8 Å². The van der Waals surface area contributed by atoms with Crippen molar-refractivity contribution in [2.24, 2.45) is 5.92 Å². The van der Waals surface area contributed by atoms with Gasteiger partial charge < -0.3 is 0 Å². The summed E-state index contributed by atoms with van der Waals surface area (Å²) in [6.45, 7) is 4.38. The van der Waals surface area contributed by atoms with Crippen LogP contribution in [0.4, 0.5) is 0 Å². The van der Waals surface area contributed by atoms with Crippen LogP contribution in [0.15, 0.2) is 18.2 Å². The van der Waals surface area contributed by atoms with Gasteiger partial charge in [-0.15, -0.1) is 0 Å². The number of benzene rings is 1. The summed E-state index contributed by atoms with van der Waals surface area (Å²) in [5, 5.41) is 0. The Labute approximate surface area is 108 Å². The van der Waals surface area contributed by atoms with Crippen molar-refractivity contribution < 1.29 is 0 Å². The summed E-state index contributed by atoms with van der Waals surface area (Å²) in [5.41, 5.74) is 4.30. The van der Waals surface area contributed by atoms with Gasteiger partial charge in [0.05, 0.1) is 0 Å². The third-order valence-electron chi connectivity index (χ3n) is 3.36. The predicted molar refractivity (Wildman–Crippen MR) is 74.3 cm³/mol. The first-order valence-electron chi connectivity index (χ1n) is 6.36. The van der Waals surface area contributed by atoms with Crippen molar-refractivity contribution in [1.82, 2.24) is 0 Å². The molecule has 1 fully saturated rings. The molecule has 0 N–H and O–H groups in total. The van der Waals surface area contributed by atoms with E-state index in [1.165, 1.54) is 48.8 Å². The molecule has 0 heterocycles. The van der Waals surface area contributed by atoms with Crippen molar-refractivity contribution >= 4 is 15.9 Å². The average Bonchev–Trinajstić information content (AvgIpc) is 2.98. The van der Waals surface area contributed by atoms with Crippen LogP contribution in [0.3, 0.4) is 0 Å². The Morgan fingerprint density at radius 1 is 1.19 bits per heavy atom. The second kappa shape index (κ2) is 5.35. The quantitative estimate of drug-likeness (QED) is 0.680. The highest BCUT2D eigenvalue weighted by Crippen LogP contribution is 2.38. The third kappa shape index (κ3) is 3.62. The predicted octanol–water partition coefficient (Wildman–Crippen LogP) is 4.80. The molecule has 0 nitrogen and oxygen atoms in total. The van der Waals surface area contributed by atoms with Gasteiger partial charge in [0, 0.05) is 4.83 Å². The highest BCUT2D eigenvalue weighted by Gasteiger charge is 2.28. The maximum Gasteiger partial charge on any atom is 0.0174 e. The summed E-state index contributed by atoms with van der Waals surface area (Å²) >= 11 is 3.81. The summed E-state index contributed by atoms with van der Waals surface area (Å²) in [5.74, 6) is 0.985. The zero-order valence-electron chi connectivity index (χ0n) is 10.3. The van der Waals surface area contributed by atoms with Crippen molar-refractivity contribution in [2.45, 2.75) is 50.8 Å². The Kier molecular flexibility index (Phi) is 4.07. The first-order valence-corrected chi connectivity index (χ1v) is 7.28. The molecule has 2 rings (SSSR count). The van der Waals surface area contributed by atoms with E-state index < -0.39 is 0 Å². The van der Waals surface area contributed by atoms with Gasteiger partial charge in [0.2, 0.25) is 0 Å². The smallest absolute Gasteiger partial charge is 0.0174 e. The molecule has 1 aromatic rings. The van der Waals surface area contributed by atoms with Crippen LogP contribution < -0.4 is 0 Å². The van der Waals surface area contributed by atoms with Crippen molar-refractivity contribution in [2.75, 3.05) is 0 Å². The molecule has 1 heteroatoms. The second-order valence-corrected chi connectivity index (χ2v) is 6.42. The molecule has 0 saturated heterocycles. The van der Waals surface area contributed by atoms with Crippen molar-refractivity contribution in [3.05, 3.63) is 34.9 Å². The molecule has 0 bridgehead atoms. The minimum Gasteiger partial charge on any atom is -0.0888 e. The van der Waals surface area contributed by atoms with Crippen LogP contribution in [0.5, 0.6) is 0 Å². The Morgan fingerprint density at radius 2 is 1.81 bits per heavy atom. The Hall–Kier alpha value is -0.300. The lowest BCUT2D eigenvalue weighted by Crippen LogP contribution is -2.01. The topological polar surface area (TPSA) is 0 Å². The number of hydrogen-bond acceptors (Lipinski definition) is 0. The van der Waals surface area contributed by atoms with E-state index in [1.807, 2.05) is 0 Å². The largest absolute Gasteiger partial charge is 0.0888 e. The van der Waals surface area contributed by atoms with E-state index in [9.17, 15) is 0 Å². The summed E-state index contributed by atoms with van der Waals surface area (Å²) in [4.78, 5) is 0.776. The van der Waals surface area contributed by atoms with Gasteiger partial charge in [0.1, 0.15) is 0 Å². The summed E-state index contributed by atoms with van der Waals surface area (Å²) in [7, 11) is 0. The molecule has 1 atom stereocenters. The van der Waals surface area contributed by atoms with Gasteiger partial charge in [-0.05, 0) is 57.4 Å². The molecule has 1 aromatic carbocycles. The number of alkyl halides is 1. The van der Waals surface area contributed by atoms with Crippen molar-refractivity contribution in [1.29, 1.82) is 0 Å². The molecule has 0 aromatic heterocycles. The third-order valence-corrected chi connectivity index (χ3v) is 4.57. The van der Waals surface area contributed by atoms with Crippen molar-refractivity contribution in [3.8, 4) is 0 Å². The zero-order chi connectivity index (χ0) is 11.5. The van der Waals surface area contributed by atoms with Crippen LogP contribution in [0.25, 0.3) is 0 Å². The SMILES string of the molecule is Cc1cc(C)cc(CCCC(Br)C2CC2)c1. The van der Waals surface area contributed by atoms with E-state index >= 15 is 0 Å². The lowest BCUT2D eigenvalue weighted by Gasteiger charge is -2.08. The molecule has 0 aliphatic heterocycles. The number of rotatable bonds is 5. The zero-order valence-corrected chi connectivity index (χ0v) is 11.9. The Morgan fingerprint density at radius 3 is 2.38 bits per heavy atom. The van der Waals surface area contributed by atoms with Crippen LogP contribution in [0.1, 0.15) is 42.4 Å². The molecule has 0 radical (unpaired) electrons. The average molecular weight is 281 g/mol. The van der Waals surface area contributed by atoms with Gasteiger partial charge in [-0.3, -0.25) is 0 Å². The van der Waals surface area contributed by atoms with E-state index in [2.05, 4.69) is 48.0 Å². The second-order valence-electron chi connectivity index (χ2n) is 5.24. The first-order chi connectivity index (χ1) is 7.65. The van der Waals surface area contributed by atoms with Gasteiger partial charge in [0.15, 0.2) is 0 Å². The minimum absolute atomic E-state index is 0.776. The van der Waals surface area contributed by atoms with Crippen LogP contribution in [0.2, 0.25) is 0 Å². The number of halogens is 1. The van der Waals surface area contributed by atoms with E-state index in [1.54, 1.807) is 0 Å². The van der Waals surface area contributed by atoms with Gasteiger partial charge >= 0.3 is 0 Å². The van der Waals surface area contributed by atoms with Crippen LogP contribution in [-0.2, 0) is 6.42 Å². The maximum atomic E-state index is 3.81. The normalized spacial score (nSPS) is 17.4. The van der Waals surface area contributed by atoms with E-state index in [0.717, 1.165) is 10.7 Å². The number of aryl methyl sites for hydroxylation is 3. The van der Waals surface area contributed by atoms with Gasteiger partial charge in [0.25, 0.3) is 0 Å². The molecule has 1 saturated carbocycles. The first kappa shape index (κ1) is 12.2. The molecular formula is C15H21Br. The van der Waals surface area contributed by atoms with E-state index in [-0.39, 0.29) is 0 Å². The molecule has 88 valence electrons. The molecule has 16 heavy (non-hydrogen) atoms. The van der Waals surface area contributed by atoms with Crippen LogP contribution >= 0.6 is 15.9 Å². The monoisotopic (exact) mass is 280 g/mol. The van der Waals surface area contributed by atoms with Crippen molar-refractivity contribution in [3.63, 3.8) is 0 Å². The molecule has 1 aliphatic rings. The van der Waals surface area contributed by atoms with Gasteiger partial charge in [-0.25, -0.2) is 0 Å². The number of hydrogen-bond donors (Lipinski definition) is 0.